The number of hydrogen-bond acceptors (Lipinski definition) is 2. The molecule has 1 aromatic carbocycles. The van der Waals surface area contributed by atoms with Gasteiger partial charge in [-0.1, -0.05) is 69.3 Å². The van der Waals surface area contributed by atoms with Crippen LogP contribution in [0.1, 0.15) is 46.6 Å². The van der Waals surface area contributed by atoms with E-state index in [1.807, 2.05) is 0 Å². The maximum absolute atomic E-state index is 5.69. The molecule has 0 aromatic heterocycles. The van der Waals surface area contributed by atoms with Crippen molar-refractivity contribution in [3.05, 3.63) is 29.8 Å². The topological polar surface area (TPSA) is 18.5 Å². The first-order valence-electron chi connectivity index (χ1n) is 7.62. The Bertz CT molecular complexity index is 404. The highest BCUT2D eigenvalue weighted by molar-refractivity contribution is 14.1. The molecule has 0 saturated carbocycles. The van der Waals surface area contributed by atoms with Gasteiger partial charge in [-0.3, -0.25) is 0 Å². The second-order valence-corrected chi connectivity index (χ2v) is 8.37. The number of halogens is 1. The average molecular weight is 404 g/mol. The molecule has 1 aromatic rings. The molecule has 0 atom stereocenters. The van der Waals surface area contributed by atoms with Gasteiger partial charge in [0.05, 0.1) is 13.2 Å². The van der Waals surface area contributed by atoms with Crippen LogP contribution in [0.3, 0.4) is 0 Å². The van der Waals surface area contributed by atoms with Crippen molar-refractivity contribution >= 4 is 22.6 Å². The minimum absolute atomic E-state index is 0.181. The van der Waals surface area contributed by atoms with E-state index in [9.17, 15) is 0 Å². The normalized spacial score (nSPS) is 12.5. The van der Waals surface area contributed by atoms with Crippen LogP contribution in [0.4, 0.5) is 0 Å². The molecule has 21 heavy (non-hydrogen) atoms. The summed E-state index contributed by atoms with van der Waals surface area (Å²) in [6.45, 7) is 13.6. The van der Waals surface area contributed by atoms with E-state index in [4.69, 9.17) is 9.47 Å². The summed E-state index contributed by atoms with van der Waals surface area (Å²) in [7, 11) is 0. The summed E-state index contributed by atoms with van der Waals surface area (Å²) in [6.07, 6.45) is 1.16. The summed E-state index contributed by atoms with van der Waals surface area (Å²) < 4.78 is 12.1. The number of ether oxygens (including phenoxy) is 2. The zero-order chi connectivity index (χ0) is 15.9. The Balaban J connectivity index is 2.53. The van der Waals surface area contributed by atoms with Gasteiger partial charge in [-0.15, -0.1) is 0 Å². The number of rotatable bonds is 8. The Kier molecular flexibility index (Phi) is 7.48. The molecule has 0 spiro atoms. The van der Waals surface area contributed by atoms with E-state index < -0.39 is 0 Å². The van der Waals surface area contributed by atoms with Gasteiger partial charge in [-0.2, -0.15) is 0 Å². The fraction of sp³-hybridized carbons (Fsp3) is 0.667. The molecule has 0 aliphatic rings. The standard InChI is InChI=1S/C18H29IO2/c1-17(2,3)14-18(4,5)15-6-8-16(9-7-15)21-13-12-20-11-10-19/h6-9H,10-14H2,1-5H3. The van der Waals surface area contributed by atoms with Crippen molar-refractivity contribution in [2.24, 2.45) is 5.41 Å². The van der Waals surface area contributed by atoms with Gasteiger partial charge in [0.2, 0.25) is 0 Å². The van der Waals surface area contributed by atoms with Gasteiger partial charge in [0.1, 0.15) is 12.4 Å². The van der Waals surface area contributed by atoms with Gasteiger partial charge in [-0.05, 0) is 34.9 Å². The smallest absolute Gasteiger partial charge is 0.119 e. The summed E-state index contributed by atoms with van der Waals surface area (Å²) in [5.41, 5.74) is 1.88. The van der Waals surface area contributed by atoms with Crippen LogP contribution >= 0.6 is 22.6 Å². The van der Waals surface area contributed by atoms with Gasteiger partial charge in [-0.25, -0.2) is 0 Å². The molecule has 0 bridgehead atoms. The van der Waals surface area contributed by atoms with Gasteiger partial charge in [0.15, 0.2) is 0 Å². The van der Waals surface area contributed by atoms with Crippen LogP contribution in [-0.2, 0) is 10.2 Å². The zero-order valence-corrected chi connectivity index (χ0v) is 16.2. The second-order valence-electron chi connectivity index (χ2n) is 7.30. The Morgan fingerprint density at radius 2 is 1.52 bits per heavy atom. The largest absolute Gasteiger partial charge is 0.491 e. The number of alkyl halides is 1. The van der Waals surface area contributed by atoms with Crippen molar-refractivity contribution in [1.29, 1.82) is 0 Å². The molecule has 0 heterocycles. The summed E-state index contributed by atoms with van der Waals surface area (Å²) in [4.78, 5) is 0. The third kappa shape index (κ3) is 7.50. The van der Waals surface area contributed by atoms with E-state index >= 15 is 0 Å². The summed E-state index contributed by atoms with van der Waals surface area (Å²) in [6, 6.07) is 8.51. The predicted molar refractivity (Wildman–Crippen MR) is 98.7 cm³/mol. The first-order chi connectivity index (χ1) is 9.74. The van der Waals surface area contributed by atoms with Crippen molar-refractivity contribution in [1.82, 2.24) is 0 Å². The minimum atomic E-state index is 0.181. The van der Waals surface area contributed by atoms with Crippen molar-refractivity contribution in [2.75, 3.05) is 24.2 Å². The molecule has 0 saturated heterocycles. The van der Waals surface area contributed by atoms with E-state index in [1.165, 1.54) is 5.56 Å². The molecule has 3 heteroatoms. The Hall–Kier alpha value is -0.290. The molecule has 0 radical (unpaired) electrons. The lowest BCUT2D eigenvalue weighted by Crippen LogP contribution is -2.24. The third-order valence-electron chi connectivity index (χ3n) is 3.33. The van der Waals surface area contributed by atoms with Gasteiger partial charge in [0, 0.05) is 4.43 Å². The van der Waals surface area contributed by atoms with Crippen molar-refractivity contribution in [3.8, 4) is 5.75 Å². The van der Waals surface area contributed by atoms with Crippen LogP contribution in [0.25, 0.3) is 0 Å². The van der Waals surface area contributed by atoms with Crippen LogP contribution in [0.15, 0.2) is 24.3 Å². The molecule has 1 rings (SSSR count). The number of hydrogen-bond donors (Lipinski definition) is 0. The molecule has 0 aliphatic carbocycles. The van der Waals surface area contributed by atoms with E-state index in [-0.39, 0.29) is 5.41 Å². The molecular formula is C18H29IO2. The number of benzene rings is 1. The second kappa shape index (κ2) is 8.37. The van der Waals surface area contributed by atoms with E-state index in [0.29, 0.717) is 18.6 Å². The van der Waals surface area contributed by atoms with Crippen LogP contribution < -0.4 is 4.74 Å². The van der Waals surface area contributed by atoms with Crippen molar-refractivity contribution < 1.29 is 9.47 Å². The molecule has 2 nitrogen and oxygen atoms in total. The SMILES string of the molecule is CC(C)(C)CC(C)(C)c1ccc(OCCOCCI)cc1. The third-order valence-corrected chi connectivity index (χ3v) is 3.77. The fourth-order valence-electron chi connectivity index (χ4n) is 2.81. The van der Waals surface area contributed by atoms with Crippen LogP contribution in [0, 0.1) is 5.41 Å². The van der Waals surface area contributed by atoms with Gasteiger partial charge in [0.25, 0.3) is 0 Å². The molecular weight excluding hydrogens is 375 g/mol. The van der Waals surface area contributed by atoms with E-state index in [1.54, 1.807) is 0 Å². The monoisotopic (exact) mass is 404 g/mol. The highest BCUT2D eigenvalue weighted by atomic mass is 127. The lowest BCUT2D eigenvalue weighted by Gasteiger charge is -2.33. The van der Waals surface area contributed by atoms with Crippen LogP contribution in [-0.4, -0.2) is 24.2 Å². The summed E-state index contributed by atoms with van der Waals surface area (Å²) >= 11 is 2.30. The van der Waals surface area contributed by atoms with Crippen LogP contribution in [0.5, 0.6) is 5.75 Å². The fourth-order valence-corrected chi connectivity index (χ4v) is 3.12. The molecule has 0 amide bonds. The van der Waals surface area contributed by atoms with Gasteiger partial charge < -0.3 is 9.47 Å². The van der Waals surface area contributed by atoms with Gasteiger partial charge >= 0.3 is 0 Å². The first kappa shape index (κ1) is 18.8. The molecule has 0 N–H and O–H groups in total. The first-order valence-corrected chi connectivity index (χ1v) is 9.14. The van der Waals surface area contributed by atoms with Crippen molar-refractivity contribution in [2.45, 2.75) is 46.5 Å². The lowest BCUT2D eigenvalue weighted by molar-refractivity contribution is 0.113. The molecule has 0 unspecified atom stereocenters. The van der Waals surface area contributed by atoms with Crippen molar-refractivity contribution in [3.63, 3.8) is 0 Å². The predicted octanol–water partition coefficient (Wildman–Crippen LogP) is 5.23. The van der Waals surface area contributed by atoms with E-state index in [2.05, 4.69) is 81.5 Å². The highest BCUT2D eigenvalue weighted by Gasteiger charge is 2.27. The Morgan fingerprint density at radius 3 is 2.05 bits per heavy atom. The molecule has 120 valence electrons. The summed E-state index contributed by atoms with van der Waals surface area (Å²) in [5, 5.41) is 0. The molecule has 0 aliphatic heterocycles. The van der Waals surface area contributed by atoms with Crippen LogP contribution in [0.2, 0.25) is 0 Å². The molecule has 0 fully saturated rings. The lowest BCUT2D eigenvalue weighted by atomic mass is 9.72. The highest BCUT2D eigenvalue weighted by Crippen LogP contribution is 2.36. The summed E-state index contributed by atoms with van der Waals surface area (Å²) in [5.74, 6) is 0.920. The van der Waals surface area contributed by atoms with E-state index in [0.717, 1.165) is 23.2 Å². The zero-order valence-electron chi connectivity index (χ0n) is 14.0. The maximum atomic E-state index is 5.69. The maximum Gasteiger partial charge on any atom is 0.119 e. The average Bonchev–Trinajstić information content (AvgIpc) is 2.36. The quantitative estimate of drug-likeness (QED) is 0.336. The Labute approximate surface area is 143 Å². The Morgan fingerprint density at radius 1 is 0.905 bits per heavy atom. The minimum Gasteiger partial charge on any atom is -0.491 e.